The SMILES string of the molecule is [2H]C([2H])([2H])N1C=CN(c2[c-]c(Oc3[c-]c4c(cc3)c3ccccc3n4-c3[c-]ccc(-c4c(C(C)C)cc(C(C)C)cc4C(C)C)c3)cc(C(C)(C)C)c2)[CH-]1.[Pt+4]. The molecule has 0 aliphatic carbocycles. The summed E-state index contributed by atoms with van der Waals surface area (Å²) in [6, 6.07) is 38.4. The number of aromatic nitrogens is 1. The third kappa shape index (κ3) is 7.20. The number of benzene rings is 5. The minimum absolute atomic E-state index is 0. The second-order valence-electron chi connectivity index (χ2n) is 15.6. The van der Waals surface area contributed by atoms with Crippen molar-refractivity contribution in [3.8, 4) is 28.3 Å². The van der Waals surface area contributed by atoms with E-state index < -0.39 is 6.98 Å². The Morgan fingerprint density at radius 3 is 2.13 bits per heavy atom. The molecular formula is C47H49N3OPt. The van der Waals surface area contributed by atoms with Crippen molar-refractivity contribution in [2.75, 3.05) is 11.9 Å². The summed E-state index contributed by atoms with van der Waals surface area (Å²) in [5, 5.41) is 2.19. The van der Waals surface area contributed by atoms with Gasteiger partial charge in [-0.3, -0.25) is 0 Å². The van der Waals surface area contributed by atoms with Crippen LogP contribution in [0.3, 0.4) is 0 Å². The summed E-state index contributed by atoms with van der Waals surface area (Å²) < 4.78 is 32.3. The fourth-order valence-corrected chi connectivity index (χ4v) is 6.98. The maximum Gasteiger partial charge on any atom is 4.00 e. The second kappa shape index (κ2) is 14.6. The smallest absolute Gasteiger partial charge is 0.510 e. The first-order valence-electron chi connectivity index (χ1n) is 19.5. The van der Waals surface area contributed by atoms with Crippen molar-refractivity contribution in [3.63, 3.8) is 0 Å². The van der Waals surface area contributed by atoms with Gasteiger partial charge < -0.3 is 19.1 Å². The first-order valence-corrected chi connectivity index (χ1v) is 18.0. The number of ether oxygens (including phenoxy) is 1. The third-order valence-corrected chi connectivity index (χ3v) is 9.84. The summed E-state index contributed by atoms with van der Waals surface area (Å²) in [6.45, 7) is 19.4. The van der Waals surface area contributed by atoms with Gasteiger partial charge in [-0.05, 0) is 76.3 Å². The zero-order chi connectivity index (χ0) is 38.7. The zero-order valence-electron chi connectivity index (χ0n) is 34.5. The number of nitrogens with zero attached hydrogens (tertiary/aromatic N) is 3. The molecule has 0 spiro atoms. The van der Waals surface area contributed by atoms with E-state index in [0.29, 0.717) is 34.9 Å². The summed E-state index contributed by atoms with van der Waals surface area (Å²) >= 11 is 0. The Labute approximate surface area is 329 Å². The molecule has 1 aliphatic heterocycles. The van der Waals surface area contributed by atoms with Gasteiger partial charge in [0.25, 0.3) is 0 Å². The van der Waals surface area contributed by atoms with Crippen LogP contribution in [0.15, 0.2) is 91.3 Å². The van der Waals surface area contributed by atoms with Crippen LogP contribution in [0.1, 0.15) is 106 Å². The van der Waals surface area contributed by atoms with E-state index in [1.165, 1.54) is 32.7 Å². The molecule has 0 amide bonds. The molecule has 0 N–H and O–H groups in total. The standard InChI is InChI=1S/C47H49N3O.Pt/c1-30(2)34-23-42(31(3)4)46(43(24-34)32(5)6)33-14-13-15-36(22-33)50-44-17-12-11-16-40(44)41-19-18-38(28-45(41)50)51-39-26-35(47(7,8)9)25-37(27-39)49-21-20-48(10)29-49;/h11-14,16-26,29-32H,1-10H3;/q-4;+4/i10D3;. The molecule has 52 heavy (non-hydrogen) atoms. The van der Waals surface area contributed by atoms with Crippen LogP contribution < -0.4 is 9.64 Å². The van der Waals surface area contributed by atoms with Gasteiger partial charge in [0, 0.05) is 21.1 Å². The van der Waals surface area contributed by atoms with Gasteiger partial charge in [0.2, 0.25) is 0 Å². The van der Waals surface area contributed by atoms with Gasteiger partial charge in [-0.1, -0.05) is 104 Å². The first-order chi connectivity index (χ1) is 25.5. The summed E-state index contributed by atoms with van der Waals surface area (Å²) in [5.74, 6) is 2.24. The van der Waals surface area contributed by atoms with Crippen LogP contribution in [0.2, 0.25) is 0 Å². The average Bonchev–Trinajstić information content (AvgIpc) is 3.75. The Balaban J connectivity index is 0.00000514. The van der Waals surface area contributed by atoms with Gasteiger partial charge in [0.15, 0.2) is 0 Å². The van der Waals surface area contributed by atoms with Gasteiger partial charge in [-0.15, -0.1) is 58.6 Å². The molecule has 0 saturated carbocycles. The van der Waals surface area contributed by atoms with Gasteiger partial charge in [-0.25, -0.2) is 0 Å². The Hall–Kier alpha value is -4.27. The molecule has 6 aromatic rings. The zero-order valence-corrected chi connectivity index (χ0v) is 33.8. The molecule has 0 atom stereocenters. The van der Waals surface area contributed by atoms with E-state index in [2.05, 4.69) is 140 Å². The summed E-state index contributed by atoms with van der Waals surface area (Å²) in [4.78, 5) is 2.97. The van der Waals surface area contributed by atoms with E-state index in [-0.39, 0.29) is 26.5 Å². The number of fused-ring (bicyclic) bond motifs is 3. The molecule has 2 heterocycles. The van der Waals surface area contributed by atoms with Crippen LogP contribution in [0.25, 0.3) is 38.6 Å². The van der Waals surface area contributed by atoms with Gasteiger partial charge in [-0.2, -0.15) is 30.9 Å². The quantitative estimate of drug-likeness (QED) is 0.142. The molecule has 0 bridgehead atoms. The van der Waals surface area contributed by atoms with Crippen LogP contribution in [0.5, 0.6) is 11.5 Å². The van der Waals surface area contributed by atoms with Crippen LogP contribution >= 0.6 is 0 Å². The van der Waals surface area contributed by atoms with Crippen LogP contribution in [0.4, 0.5) is 5.69 Å². The number of hydrogen-bond acceptors (Lipinski definition) is 3. The van der Waals surface area contributed by atoms with Crippen LogP contribution in [-0.2, 0) is 26.5 Å². The Bertz CT molecular complexity index is 2350. The number of rotatable bonds is 8. The Morgan fingerprint density at radius 2 is 1.48 bits per heavy atom. The van der Waals surface area contributed by atoms with Crippen molar-refractivity contribution < 1.29 is 29.9 Å². The van der Waals surface area contributed by atoms with Gasteiger partial charge in [0.1, 0.15) is 0 Å². The molecular weight excluding hydrogens is 818 g/mol. The van der Waals surface area contributed by atoms with Gasteiger partial charge in [0.05, 0.1) is 0 Å². The van der Waals surface area contributed by atoms with E-state index in [4.69, 9.17) is 8.85 Å². The summed E-state index contributed by atoms with van der Waals surface area (Å²) in [7, 11) is 0. The van der Waals surface area contributed by atoms with Crippen molar-refractivity contribution in [1.82, 2.24) is 9.47 Å². The molecule has 1 aromatic heterocycles. The minimum atomic E-state index is -2.28. The van der Waals surface area contributed by atoms with E-state index in [1.54, 1.807) is 24.0 Å². The predicted octanol–water partition coefficient (Wildman–Crippen LogP) is 12.7. The molecule has 0 saturated heterocycles. The number of anilines is 1. The van der Waals surface area contributed by atoms with Crippen molar-refractivity contribution in [2.24, 2.45) is 0 Å². The Kier molecular flexibility index (Phi) is 9.44. The molecule has 4 nitrogen and oxygen atoms in total. The maximum absolute atomic E-state index is 7.84. The normalized spacial score (nSPS) is 14.4. The Morgan fingerprint density at radius 1 is 0.750 bits per heavy atom. The molecule has 0 radical (unpaired) electrons. The van der Waals surface area contributed by atoms with Crippen molar-refractivity contribution in [3.05, 3.63) is 138 Å². The summed E-state index contributed by atoms with van der Waals surface area (Å²) in [6.07, 6.45) is 3.27. The van der Waals surface area contributed by atoms with E-state index in [0.717, 1.165) is 33.1 Å². The van der Waals surface area contributed by atoms with Crippen molar-refractivity contribution in [2.45, 2.75) is 85.5 Å². The molecule has 0 unspecified atom stereocenters. The second-order valence-corrected chi connectivity index (χ2v) is 15.6. The van der Waals surface area contributed by atoms with Crippen LogP contribution in [0, 0.1) is 24.9 Å². The van der Waals surface area contributed by atoms with E-state index in [1.807, 2.05) is 24.3 Å². The van der Waals surface area contributed by atoms with Crippen LogP contribution in [-0.4, -0.2) is 16.4 Å². The molecule has 268 valence electrons. The molecule has 5 aromatic carbocycles. The fourth-order valence-electron chi connectivity index (χ4n) is 6.98. The van der Waals surface area contributed by atoms with Gasteiger partial charge >= 0.3 is 21.1 Å². The monoisotopic (exact) mass is 869 g/mol. The van der Waals surface area contributed by atoms with Crippen molar-refractivity contribution >= 4 is 27.5 Å². The molecule has 7 rings (SSSR count). The summed E-state index contributed by atoms with van der Waals surface area (Å²) in [5.41, 5.74) is 11.0. The number of hydrogen-bond donors (Lipinski definition) is 0. The first kappa shape index (κ1) is 33.6. The van der Waals surface area contributed by atoms with E-state index in [9.17, 15) is 0 Å². The third-order valence-electron chi connectivity index (χ3n) is 9.84. The van der Waals surface area contributed by atoms with E-state index >= 15 is 0 Å². The maximum atomic E-state index is 7.84. The number of para-hydroxylation sites is 1. The molecule has 0 fully saturated rings. The average molecular weight is 870 g/mol. The predicted molar refractivity (Wildman–Crippen MR) is 214 cm³/mol. The topological polar surface area (TPSA) is 20.6 Å². The van der Waals surface area contributed by atoms with Crippen molar-refractivity contribution in [1.29, 1.82) is 0 Å². The minimum Gasteiger partial charge on any atom is -0.510 e. The largest absolute Gasteiger partial charge is 4.00 e. The fraction of sp³-hybridized carbons (Fsp3) is 0.298. The molecule has 5 heteroatoms. The molecule has 1 aliphatic rings.